The molecule has 7 nitrogen and oxygen atoms in total. The Morgan fingerprint density at radius 2 is 2.00 bits per heavy atom. The maximum Gasteiger partial charge on any atom is 0.341 e. The Kier molecular flexibility index (Phi) is 5.35. The van der Waals surface area contributed by atoms with Crippen LogP contribution in [-0.2, 0) is 9.53 Å². The number of carbonyl (C=O) groups is 2. The summed E-state index contributed by atoms with van der Waals surface area (Å²) >= 11 is 1.31. The molecule has 0 aliphatic rings. The third kappa shape index (κ3) is 4.02. The van der Waals surface area contributed by atoms with Crippen LogP contribution in [0, 0.1) is 0 Å². The van der Waals surface area contributed by atoms with Crippen molar-refractivity contribution in [2.45, 2.75) is 19.4 Å². The van der Waals surface area contributed by atoms with Gasteiger partial charge in [0.05, 0.1) is 11.3 Å². The number of thiazole rings is 1. The van der Waals surface area contributed by atoms with Gasteiger partial charge in [0.25, 0.3) is 5.91 Å². The predicted octanol–water partition coefficient (Wildman–Crippen LogP) is 4.53. The standard InChI is InChI=1S/C21H17N3O4S/c1-2-16(28-20(26)14-9-6-10-17-18(14)22-12-27-17)19(25)24-21-23-15(11-29-21)13-7-4-3-5-8-13/h3-12,16H,2H2,1H3,(H,23,24,25). The number of rotatable bonds is 6. The van der Waals surface area contributed by atoms with Gasteiger partial charge < -0.3 is 9.15 Å². The molecule has 146 valence electrons. The molecule has 0 spiro atoms. The SMILES string of the molecule is CCC(OC(=O)c1cccc2ocnc12)C(=O)Nc1nc(-c2ccccc2)cs1. The van der Waals surface area contributed by atoms with Crippen LogP contribution in [0.25, 0.3) is 22.4 Å². The van der Waals surface area contributed by atoms with E-state index in [1.807, 2.05) is 35.7 Å². The average molecular weight is 407 g/mol. The van der Waals surface area contributed by atoms with Gasteiger partial charge in [-0.25, -0.2) is 14.8 Å². The van der Waals surface area contributed by atoms with Crippen molar-refractivity contribution in [2.24, 2.45) is 0 Å². The Morgan fingerprint density at radius 3 is 2.79 bits per heavy atom. The molecular weight excluding hydrogens is 390 g/mol. The molecule has 29 heavy (non-hydrogen) atoms. The molecule has 0 radical (unpaired) electrons. The summed E-state index contributed by atoms with van der Waals surface area (Å²) in [5, 5.41) is 5.04. The van der Waals surface area contributed by atoms with E-state index in [4.69, 9.17) is 9.15 Å². The van der Waals surface area contributed by atoms with Gasteiger partial charge in [0.15, 0.2) is 23.2 Å². The summed E-state index contributed by atoms with van der Waals surface area (Å²) in [6.45, 7) is 1.77. The first-order chi connectivity index (χ1) is 14.2. The van der Waals surface area contributed by atoms with Gasteiger partial charge in [-0.1, -0.05) is 43.3 Å². The number of oxazole rings is 1. The highest BCUT2D eigenvalue weighted by molar-refractivity contribution is 7.14. The number of hydrogen-bond acceptors (Lipinski definition) is 7. The van der Waals surface area contributed by atoms with E-state index in [-0.39, 0.29) is 5.56 Å². The predicted molar refractivity (Wildman–Crippen MR) is 110 cm³/mol. The topological polar surface area (TPSA) is 94.3 Å². The van der Waals surface area contributed by atoms with E-state index in [0.29, 0.717) is 22.7 Å². The smallest absolute Gasteiger partial charge is 0.341 e. The monoisotopic (exact) mass is 407 g/mol. The fraction of sp³-hybridized carbons (Fsp3) is 0.143. The summed E-state index contributed by atoms with van der Waals surface area (Å²) in [4.78, 5) is 33.7. The first kappa shape index (κ1) is 18.8. The van der Waals surface area contributed by atoms with Crippen molar-refractivity contribution in [3.63, 3.8) is 0 Å². The Hall–Kier alpha value is -3.52. The minimum absolute atomic E-state index is 0.253. The van der Waals surface area contributed by atoms with Crippen molar-refractivity contribution >= 4 is 39.4 Å². The summed E-state index contributed by atoms with van der Waals surface area (Å²) in [5.74, 6) is -1.06. The summed E-state index contributed by atoms with van der Waals surface area (Å²) < 4.78 is 10.6. The maximum absolute atomic E-state index is 12.6. The fourth-order valence-electron chi connectivity index (χ4n) is 2.82. The van der Waals surface area contributed by atoms with Crippen molar-refractivity contribution in [2.75, 3.05) is 5.32 Å². The van der Waals surface area contributed by atoms with Crippen molar-refractivity contribution in [1.82, 2.24) is 9.97 Å². The van der Waals surface area contributed by atoms with E-state index < -0.39 is 18.0 Å². The van der Waals surface area contributed by atoms with Crippen molar-refractivity contribution in [3.05, 3.63) is 65.9 Å². The molecule has 0 aliphatic carbocycles. The lowest BCUT2D eigenvalue weighted by Crippen LogP contribution is -2.32. The molecule has 4 aromatic rings. The second-order valence-electron chi connectivity index (χ2n) is 6.20. The molecule has 0 aliphatic heterocycles. The van der Waals surface area contributed by atoms with Crippen LogP contribution in [0.1, 0.15) is 23.7 Å². The summed E-state index contributed by atoms with van der Waals surface area (Å²) in [6, 6.07) is 14.6. The van der Waals surface area contributed by atoms with E-state index in [2.05, 4.69) is 15.3 Å². The van der Waals surface area contributed by atoms with Gasteiger partial charge in [0, 0.05) is 10.9 Å². The van der Waals surface area contributed by atoms with Crippen LogP contribution in [0.4, 0.5) is 5.13 Å². The number of ether oxygens (including phenoxy) is 1. The lowest BCUT2D eigenvalue weighted by atomic mass is 10.2. The number of aromatic nitrogens is 2. The minimum atomic E-state index is -0.950. The number of benzene rings is 2. The Morgan fingerprint density at radius 1 is 1.17 bits per heavy atom. The normalized spacial score (nSPS) is 11.9. The summed E-state index contributed by atoms with van der Waals surface area (Å²) in [6.07, 6.45) is 0.635. The third-order valence-corrected chi connectivity index (χ3v) is 5.05. The van der Waals surface area contributed by atoms with Crippen molar-refractivity contribution < 1.29 is 18.7 Å². The molecule has 1 unspecified atom stereocenters. The number of nitrogens with zero attached hydrogens (tertiary/aromatic N) is 2. The van der Waals surface area contributed by atoms with Crippen LogP contribution < -0.4 is 5.32 Å². The molecule has 8 heteroatoms. The molecule has 1 amide bonds. The third-order valence-electron chi connectivity index (χ3n) is 4.30. The molecule has 0 saturated carbocycles. The Balaban J connectivity index is 1.45. The molecule has 1 N–H and O–H groups in total. The largest absolute Gasteiger partial charge is 0.449 e. The molecule has 0 fully saturated rings. The van der Waals surface area contributed by atoms with Gasteiger partial charge in [0.1, 0.15) is 5.52 Å². The van der Waals surface area contributed by atoms with E-state index in [0.717, 1.165) is 11.3 Å². The molecule has 2 aromatic carbocycles. The number of amides is 1. The van der Waals surface area contributed by atoms with Crippen LogP contribution in [0.15, 0.2) is 64.7 Å². The van der Waals surface area contributed by atoms with Crippen LogP contribution in [-0.4, -0.2) is 27.9 Å². The zero-order valence-electron chi connectivity index (χ0n) is 15.5. The fourth-order valence-corrected chi connectivity index (χ4v) is 3.55. The lowest BCUT2D eigenvalue weighted by molar-refractivity contribution is -0.124. The number of para-hydroxylation sites is 1. The maximum atomic E-state index is 12.6. The Bertz CT molecular complexity index is 1150. The van der Waals surface area contributed by atoms with E-state index in [1.165, 1.54) is 17.7 Å². The number of esters is 1. The van der Waals surface area contributed by atoms with Crippen molar-refractivity contribution in [3.8, 4) is 11.3 Å². The number of nitrogens with one attached hydrogen (secondary N) is 1. The second kappa shape index (κ2) is 8.24. The zero-order chi connectivity index (χ0) is 20.2. The summed E-state index contributed by atoms with van der Waals surface area (Å²) in [5.41, 5.74) is 2.87. The first-order valence-corrected chi connectivity index (χ1v) is 9.88. The number of anilines is 1. The van der Waals surface area contributed by atoms with E-state index in [1.54, 1.807) is 25.1 Å². The van der Waals surface area contributed by atoms with Crippen LogP contribution in [0.2, 0.25) is 0 Å². The molecule has 1 atom stereocenters. The zero-order valence-corrected chi connectivity index (χ0v) is 16.3. The highest BCUT2D eigenvalue weighted by atomic mass is 32.1. The Labute approximate surface area is 170 Å². The van der Waals surface area contributed by atoms with Gasteiger partial charge in [0.2, 0.25) is 0 Å². The molecule has 2 aromatic heterocycles. The summed E-state index contributed by atoms with van der Waals surface area (Å²) in [7, 11) is 0. The number of hydrogen-bond donors (Lipinski definition) is 1. The van der Waals surface area contributed by atoms with Gasteiger partial charge >= 0.3 is 5.97 Å². The van der Waals surface area contributed by atoms with Gasteiger partial charge in [-0.05, 0) is 18.6 Å². The quantitative estimate of drug-likeness (QED) is 0.472. The van der Waals surface area contributed by atoms with Crippen LogP contribution in [0.5, 0.6) is 0 Å². The van der Waals surface area contributed by atoms with Gasteiger partial charge in [-0.15, -0.1) is 11.3 Å². The molecule has 2 heterocycles. The number of carbonyl (C=O) groups excluding carboxylic acids is 2. The van der Waals surface area contributed by atoms with Crippen LogP contribution >= 0.6 is 11.3 Å². The molecule has 4 rings (SSSR count). The first-order valence-electron chi connectivity index (χ1n) is 9.00. The average Bonchev–Trinajstić information content (AvgIpc) is 3.41. The highest BCUT2D eigenvalue weighted by Crippen LogP contribution is 2.25. The van der Waals surface area contributed by atoms with Crippen LogP contribution in [0.3, 0.4) is 0 Å². The van der Waals surface area contributed by atoms with E-state index >= 15 is 0 Å². The van der Waals surface area contributed by atoms with Gasteiger partial charge in [-0.3, -0.25) is 10.1 Å². The van der Waals surface area contributed by atoms with E-state index in [9.17, 15) is 9.59 Å². The lowest BCUT2D eigenvalue weighted by Gasteiger charge is -2.15. The van der Waals surface area contributed by atoms with Gasteiger partial charge in [-0.2, -0.15) is 0 Å². The molecule has 0 bridgehead atoms. The second-order valence-corrected chi connectivity index (χ2v) is 7.06. The minimum Gasteiger partial charge on any atom is -0.449 e. The molecule has 0 saturated heterocycles. The molecular formula is C21H17N3O4S. The number of fused-ring (bicyclic) bond motifs is 1. The van der Waals surface area contributed by atoms with Crippen molar-refractivity contribution in [1.29, 1.82) is 0 Å². The highest BCUT2D eigenvalue weighted by Gasteiger charge is 2.24.